The topological polar surface area (TPSA) is 67.4 Å². The number of amides is 1. The van der Waals surface area contributed by atoms with Crippen LogP contribution in [0.5, 0.6) is 0 Å². The molecule has 0 heterocycles. The molecule has 0 spiro atoms. The van der Waals surface area contributed by atoms with E-state index in [2.05, 4.69) is 10.6 Å². The van der Waals surface area contributed by atoms with Gasteiger partial charge in [0.25, 0.3) is 0 Å². The van der Waals surface area contributed by atoms with Gasteiger partial charge in [-0.25, -0.2) is 4.79 Å². The van der Waals surface area contributed by atoms with Crippen molar-refractivity contribution in [2.75, 3.05) is 17.7 Å². The Morgan fingerprint density at radius 1 is 1.04 bits per heavy atom. The van der Waals surface area contributed by atoms with Gasteiger partial charge in [0.05, 0.1) is 34.1 Å². The second-order valence-corrected chi connectivity index (χ2v) is 6.07. The van der Waals surface area contributed by atoms with Gasteiger partial charge in [0.15, 0.2) is 0 Å². The predicted molar refractivity (Wildman–Crippen MR) is 100 cm³/mol. The lowest BCUT2D eigenvalue weighted by Crippen LogP contribution is -2.13. The third kappa shape index (κ3) is 5.11. The van der Waals surface area contributed by atoms with Crippen LogP contribution in [0.15, 0.2) is 36.4 Å². The van der Waals surface area contributed by atoms with Crippen molar-refractivity contribution >= 4 is 46.5 Å². The van der Waals surface area contributed by atoms with Gasteiger partial charge in [-0.15, -0.1) is 0 Å². The van der Waals surface area contributed by atoms with Crippen LogP contribution in [-0.2, 0) is 16.1 Å². The van der Waals surface area contributed by atoms with Crippen molar-refractivity contribution in [1.82, 2.24) is 0 Å². The maximum atomic E-state index is 11.8. The molecule has 0 bridgehead atoms. The minimum absolute atomic E-state index is 0.153. The Labute approximate surface area is 156 Å². The summed E-state index contributed by atoms with van der Waals surface area (Å²) < 4.78 is 4.72. The second-order valence-electron chi connectivity index (χ2n) is 5.26. The summed E-state index contributed by atoms with van der Waals surface area (Å²) in [6.07, 6.45) is 0.328. The number of anilines is 2. The van der Waals surface area contributed by atoms with Gasteiger partial charge in [-0.3, -0.25) is 4.79 Å². The molecule has 0 radical (unpaired) electrons. The first kappa shape index (κ1) is 19.1. The van der Waals surface area contributed by atoms with E-state index in [4.69, 9.17) is 27.9 Å². The summed E-state index contributed by atoms with van der Waals surface area (Å²) in [5.41, 5.74) is 2.48. The number of methoxy groups -OCH3 is 1. The van der Waals surface area contributed by atoms with Crippen LogP contribution in [-0.4, -0.2) is 19.0 Å². The number of esters is 1. The fourth-order valence-corrected chi connectivity index (χ4v) is 2.45. The molecule has 0 fully saturated rings. The van der Waals surface area contributed by atoms with E-state index in [0.717, 1.165) is 5.56 Å². The van der Waals surface area contributed by atoms with E-state index < -0.39 is 5.97 Å². The molecule has 2 N–H and O–H groups in total. The van der Waals surface area contributed by atoms with Crippen molar-refractivity contribution in [2.45, 2.75) is 19.9 Å². The average Bonchev–Trinajstić information content (AvgIpc) is 2.62. The summed E-state index contributed by atoms with van der Waals surface area (Å²) in [4.78, 5) is 23.5. The lowest BCUT2D eigenvalue weighted by molar-refractivity contribution is -0.115. The van der Waals surface area contributed by atoms with Gasteiger partial charge in [-0.1, -0.05) is 36.2 Å². The van der Waals surface area contributed by atoms with E-state index >= 15 is 0 Å². The number of ether oxygens (including phenoxy) is 1. The van der Waals surface area contributed by atoms with Gasteiger partial charge < -0.3 is 15.4 Å². The highest BCUT2D eigenvalue weighted by Crippen LogP contribution is 2.26. The highest BCUT2D eigenvalue weighted by Gasteiger charge is 2.12. The molecule has 0 aliphatic rings. The van der Waals surface area contributed by atoms with Crippen molar-refractivity contribution in [2.24, 2.45) is 0 Å². The summed E-state index contributed by atoms with van der Waals surface area (Å²) in [5.74, 6) is -0.623. The molecule has 5 nitrogen and oxygen atoms in total. The Morgan fingerprint density at radius 3 is 2.44 bits per heavy atom. The van der Waals surface area contributed by atoms with E-state index in [1.54, 1.807) is 37.3 Å². The average molecular weight is 381 g/mol. The molecule has 0 atom stereocenters. The second kappa shape index (κ2) is 8.74. The highest BCUT2D eigenvalue weighted by atomic mass is 35.5. The van der Waals surface area contributed by atoms with Crippen LogP contribution in [0.2, 0.25) is 10.0 Å². The van der Waals surface area contributed by atoms with E-state index in [0.29, 0.717) is 39.9 Å². The van der Waals surface area contributed by atoms with Crippen molar-refractivity contribution in [3.8, 4) is 0 Å². The van der Waals surface area contributed by atoms with Gasteiger partial charge in [0.1, 0.15) is 0 Å². The Hall–Kier alpha value is -2.24. The minimum atomic E-state index is -0.469. The largest absolute Gasteiger partial charge is 0.465 e. The van der Waals surface area contributed by atoms with Crippen LogP contribution < -0.4 is 10.6 Å². The Kier molecular flexibility index (Phi) is 6.67. The molecule has 0 saturated heterocycles. The Balaban J connectivity index is 2.23. The molecule has 132 valence electrons. The van der Waals surface area contributed by atoms with E-state index in [1.165, 1.54) is 7.11 Å². The molecule has 0 aliphatic carbocycles. The number of benzene rings is 2. The summed E-state index contributed by atoms with van der Waals surface area (Å²) in [7, 11) is 1.31. The van der Waals surface area contributed by atoms with Crippen LogP contribution in [0.4, 0.5) is 11.4 Å². The number of rotatable bonds is 6. The number of carbonyl (C=O) groups excluding carboxylic acids is 2. The number of hydrogen-bond acceptors (Lipinski definition) is 4. The van der Waals surface area contributed by atoms with Crippen molar-refractivity contribution in [1.29, 1.82) is 0 Å². The lowest BCUT2D eigenvalue weighted by atomic mass is 10.1. The molecule has 1 amide bonds. The summed E-state index contributed by atoms with van der Waals surface area (Å²) in [5, 5.41) is 6.96. The molecule has 2 aromatic carbocycles. The molecule has 2 rings (SSSR count). The fraction of sp³-hybridized carbons (Fsp3) is 0.222. The molecule has 0 aromatic heterocycles. The molecule has 0 saturated carbocycles. The van der Waals surface area contributed by atoms with Gasteiger partial charge in [-0.05, 0) is 35.9 Å². The zero-order chi connectivity index (χ0) is 18.4. The zero-order valence-corrected chi connectivity index (χ0v) is 15.4. The van der Waals surface area contributed by atoms with E-state index in [1.807, 2.05) is 6.07 Å². The van der Waals surface area contributed by atoms with Crippen LogP contribution in [0.3, 0.4) is 0 Å². The van der Waals surface area contributed by atoms with Gasteiger partial charge >= 0.3 is 5.97 Å². The maximum Gasteiger partial charge on any atom is 0.337 e. The third-order valence-corrected chi connectivity index (χ3v) is 4.24. The predicted octanol–water partition coefficient (Wildman–Crippen LogP) is 4.74. The SMILES string of the molecule is CCC(=O)Nc1cc(C(=O)OC)ccc1NCc1ccc(Cl)c(Cl)c1. The van der Waals surface area contributed by atoms with Gasteiger partial charge in [-0.2, -0.15) is 0 Å². The molecular weight excluding hydrogens is 363 g/mol. The lowest BCUT2D eigenvalue weighted by Gasteiger charge is -2.14. The third-order valence-electron chi connectivity index (χ3n) is 3.50. The summed E-state index contributed by atoms with van der Waals surface area (Å²) >= 11 is 11.9. The molecule has 25 heavy (non-hydrogen) atoms. The van der Waals surface area contributed by atoms with Crippen LogP contribution in [0, 0.1) is 0 Å². The molecule has 2 aromatic rings. The minimum Gasteiger partial charge on any atom is -0.465 e. The van der Waals surface area contributed by atoms with E-state index in [9.17, 15) is 9.59 Å². The summed E-state index contributed by atoms with van der Waals surface area (Å²) in [6.45, 7) is 2.23. The fourth-order valence-electron chi connectivity index (χ4n) is 2.13. The molecular formula is C18H18Cl2N2O3. The van der Waals surface area contributed by atoms with E-state index in [-0.39, 0.29) is 5.91 Å². The zero-order valence-electron chi connectivity index (χ0n) is 13.9. The molecule has 0 unspecified atom stereocenters. The van der Waals surface area contributed by atoms with Crippen molar-refractivity contribution in [3.05, 3.63) is 57.6 Å². The quantitative estimate of drug-likeness (QED) is 0.710. The van der Waals surface area contributed by atoms with Crippen molar-refractivity contribution in [3.63, 3.8) is 0 Å². The van der Waals surface area contributed by atoms with Crippen molar-refractivity contribution < 1.29 is 14.3 Å². The Morgan fingerprint density at radius 2 is 1.80 bits per heavy atom. The molecule has 7 heteroatoms. The highest BCUT2D eigenvalue weighted by molar-refractivity contribution is 6.42. The monoisotopic (exact) mass is 380 g/mol. The first-order valence-electron chi connectivity index (χ1n) is 7.64. The number of carbonyl (C=O) groups is 2. The normalized spacial score (nSPS) is 10.2. The standard InChI is InChI=1S/C18H18Cl2N2O3/c1-3-17(23)22-16-9-12(18(24)25-2)5-7-15(16)21-10-11-4-6-13(19)14(20)8-11/h4-9,21H,3,10H2,1-2H3,(H,22,23). The smallest absolute Gasteiger partial charge is 0.337 e. The Bertz CT molecular complexity index is 794. The first-order valence-corrected chi connectivity index (χ1v) is 8.40. The molecule has 0 aliphatic heterocycles. The number of halogens is 2. The maximum absolute atomic E-state index is 11.8. The number of nitrogens with one attached hydrogen (secondary N) is 2. The van der Waals surface area contributed by atoms with Crippen LogP contribution >= 0.6 is 23.2 Å². The summed E-state index contributed by atoms with van der Waals surface area (Å²) in [6, 6.07) is 10.3. The first-order chi connectivity index (χ1) is 11.9. The van der Waals surface area contributed by atoms with Gasteiger partial charge in [0.2, 0.25) is 5.91 Å². The van der Waals surface area contributed by atoms with Crippen LogP contribution in [0.1, 0.15) is 29.3 Å². The number of hydrogen-bond donors (Lipinski definition) is 2. The van der Waals surface area contributed by atoms with Crippen LogP contribution in [0.25, 0.3) is 0 Å². The van der Waals surface area contributed by atoms with Gasteiger partial charge in [0, 0.05) is 13.0 Å².